The number of nitrogens with one attached hydrogen (secondary N) is 1. The molecule has 0 unspecified atom stereocenters. The van der Waals surface area contributed by atoms with Crippen molar-refractivity contribution < 1.29 is 9.90 Å². The van der Waals surface area contributed by atoms with Gasteiger partial charge in [-0.2, -0.15) is 5.10 Å². The van der Waals surface area contributed by atoms with E-state index < -0.39 is 5.97 Å². The molecule has 2 aromatic rings. The molecule has 1 aromatic heterocycles. The number of carboxylic acid groups (broad SMARTS) is 1. The van der Waals surface area contributed by atoms with Crippen molar-refractivity contribution in [3.05, 3.63) is 44.9 Å². The van der Waals surface area contributed by atoms with Crippen LogP contribution in [-0.4, -0.2) is 21.8 Å². The molecule has 0 saturated carbocycles. The zero-order chi connectivity index (χ0) is 14.7. The summed E-state index contributed by atoms with van der Waals surface area (Å²) < 4.78 is 0. The second kappa shape index (κ2) is 6.02. The first-order valence-corrected chi connectivity index (χ1v) is 6.98. The van der Waals surface area contributed by atoms with E-state index in [9.17, 15) is 4.79 Å². The molecule has 1 heterocycles. The van der Waals surface area contributed by atoms with Crippen LogP contribution in [0.4, 0.5) is 5.69 Å². The van der Waals surface area contributed by atoms with E-state index in [0.717, 1.165) is 16.3 Å². The molecule has 2 N–H and O–H groups in total. The van der Waals surface area contributed by atoms with Gasteiger partial charge in [0.2, 0.25) is 0 Å². The number of carboxylic acids is 1. The minimum atomic E-state index is -1.07. The van der Waals surface area contributed by atoms with Crippen LogP contribution in [0.25, 0.3) is 0 Å². The third-order valence-corrected chi connectivity index (χ3v) is 3.99. The third-order valence-electron chi connectivity index (χ3n) is 2.62. The minimum absolute atomic E-state index is 0.0403. The number of aromatic carboxylic acids is 1. The molecule has 0 amide bonds. The Morgan fingerprint density at radius 1 is 1.50 bits per heavy atom. The molecule has 20 heavy (non-hydrogen) atoms. The number of hydrazone groups is 1. The predicted octanol–water partition coefficient (Wildman–Crippen LogP) is 3.64. The molecular weight excluding hydrogens is 298 g/mol. The van der Waals surface area contributed by atoms with Crippen molar-refractivity contribution in [2.45, 2.75) is 13.8 Å². The van der Waals surface area contributed by atoms with Crippen molar-refractivity contribution in [1.29, 1.82) is 0 Å². The van der Waals surface area contributed by atoms with Gasteiger partial charge in [-0.3, -0.25) is 5.43 Å². The normalized spacial score (nSPS) is 11.4. The molecule has 0 bridgehead atoms. The van der Waals surface area contributed by atoms with Crippen LogP contribution < -0.4 is 5.43 Å². The summed E-state index contributed by atoms with van der Waals surface area (Å²) in [5.74, 6) is -1.07. The van der Waals surface area contributed by atoms with E-state index in [4.69, 9.17) is 16.7 Å². The quantitative estimate of drug-likeness (QED) is 0.668. The van der Waals surface area contributed by atoms with E-state index in [1.165, 1.54) is 23.5 Å². The number of hydrogen-bond donors (Lipinski definition) is 2. The van der Waals surface area contributed by atoms with E-state index in [1.807, 2.05) is 13.8 Å². The number of carbonyl (C=O) groups is 1. The first kappa shape index (κ1) is 14.5. The van der Waals surface area contributed by atoms with Gasteiger partial charge in [-0.05, 0) is 32.0 Å². The molecule has 0 aliphatic heterocycles. The number of benzene rings is 1. The minimum Gasteiger partial charge on any atom is -0.478 e. The van der Waals surface area contributed by atoms with Crippen LogP contribution in [0, 0.1) is 6.92 Å². The van der Waals surface area contributed by atoms with Crippen LogP contribution in [0.5, 0.6) is 0 Å². The van der Waals surface area contributed by atoms with Crippen LogP contribution in [0.2, 0.25) is 5.02 Å². The topological polar surface area (TPSA) is 74.6 Å². The monoisotopic (exact) mass is 309 g/mol. The van der Waals surface area contributed by atoms with Crippen LogP contribution in [0.15, 0.2) is 28.8 Å². The molecule has 0 aliphatic rings. The Morgan fingerprint density at radius 2 is 2.25 bits per heavy atom. The lowest BCUT2D eigenvalue weighted by Gasteiger charge is -2.05. The molecule has 7 heteroatoms. The first-order chi connectivity index (χ1) is 9.49. The smallest absolute Gasteiger partial charge is 0.337 e. The Morgan fingerprint density at radius 3 is 2.85 bits per heavy atom. The lowest BCUT2D eigenvalue weighted by Crippen LogP contribution is -2.02. The highest BCUT2D eigenvalue weighted by Gasteiger charge is 2.09. The molecular formula is C13H12ClN3O2S. The predicted molar refractivity (Wildman–Crippen MR) is 81.1 cm³/mol. The van der Waals surface area contributed by atoms with Gasteiger partial charge >= 0.3 is 5.97 Å². The van der Waals surface area contributed by atoms with Crippen molar-refractivity contribution >= 4 is 40.3 Å². The van der Waals surface area contributed by atoms with Crippen LogP contribution in [-0.2, 0) is 0 Å². The Balaban J connectivity index is 2.21. The molecule has 0 atom stereocenters. The highest BCUT2D eigenvalue weighted by atomic mass is 35.5. The van der Waals surface area contributed by atoms with Gasteiger partial charge in [0.15, 0.2) is 0 Å². The summed E-state index contributed by atoms with van der Waals surface area (Å²) in [6, 6.07) is 4.64. The summed E-state index contributed by atoms with van der Waals surface area (Å²) in [7, 11) is 0. The fourth-order valence-corrected chi connectivity index (χ4v) is 2.56. The van der Waals surface area contributed by atoms with Crippen LogP contribution >= 0.6 is 22.9 Å². The maximum absolute atomic E-state index is 11.0. The van der Waals surface area contributed by atoms with Gasteiger partial charge in [-0.15, -0.1) is 11.3 Å². The number of aryl methyl sites for hydroxylation is 1. The van der Waals surface area contributed by atoms with E-state index in [1.54, 1.807) is 11.6 Å². The Labute approximate surface area is 124 Å². The Hall–Kier alpha value is -1.92. The van der Waals surface area contributed by atoms with Gasteiger partial charge < -0.3 is 5.11 Å². The first-order valence-electron chi connectivity index (χ1n) is 5.72. The number of thiazole rings is 1. The van der Waals surface area contributed by atoms with E-state index >= 15 is 0 Å². The molecule has 2 rings (SSSR count). The molecule has 0 radical (unpaired) electrons. The summed E-state index contributed by atoms with van der Waals surface area (Å²) in [5.41, 5.74) is 6.89. The highest BCUT2D eigenvalue weighted by Crippen LogP contribution is 2.21. The standard InChI is InChI=1S/C13H12ClN3O2S/c1-7-12(20-6-15-7)8(2)16-17-9-3-4-11(14)10(5-9)13(18)19/h3-6,17H,1-2H3,(H,18,19)/b16-8-. The van der Waals surface area contributed by atoms with Gasteiger partial charge in [-0.1, -0.05) is 11.6 Å². The lowest BCUT2D eigenvalue weighted by molar-refractivity contribution is 0.0697. The number of hydrogen-bond acceptors (Lipinski definition) is 5. The van der Waals surface area contributed by atoms with Gasteiger partial charge in [0.1, 0.15) is 0 Å². The largest absolute Gasteiger partial charge is 0.478 e. The average Bonchev–Trinajstić information content (AvgIpc) is 2.83. The third kappa shape index (κ3) is 3.15. The second-order valence-corrected chi connectivity index (χ2v) is 5.34. The summed E-state index contributed by atoms with van der Waals surface area (Å²) in [4.78, 5) is 16.1. The SMILES string of the molecule is C/C(=N/Nc1ccc(Cl)c(C(=O)O)c1)c1scnc1C. The summed E-state index contributed by atoms with van der Waals surface area (Å²) >= 11 is 7.31. The highest BCUT2D eigenvalue weighted by molar-refractivity contribution is 7.12. The molecule has 0 aliphatic carbocycles. The fraction of sp³-hybridized carbons (Fsp3) is 0.154. The molecule has 0 saturated heterocycles. The maximum Gasteiger partial charge on any atom is 0.337 e. The van der Waals surface area contributed by atoms with Crippen molar-refractivity contribution in [1.82, 2.24) is 4.98 Å². The van der Waals surface area contributed by atoms with Crippen molar-refractivity contribution in [3.8, 4) is 0 Å². The number of halogens is 1. The maximum atomic E-state index is 11.0. The molecule has 104 valence electrons. The average molecular weight is 310 g/mol. The van der Waals surface area contributed by atoms with E-state index in [0.29, 0.717) is 5.69 Å². The zero-order valence-corrected chi connectivity index (χ0v) is 12.4. The molecule has 5 nitrogen and oxygen atoms in total. The van der Waals surface area contributed by atoms with Crippen molar-refractivity contribution in [2.24, 2.45) is 5.10 Å². The molecule has 0 spiro atoms. The van der Waals surface area contributed by atoms with Gasteiger partial charge in [0.25, 0.3) is 0 Å². The molecule has 0 fully saturated rings. The van der Waals surface area contributed by atoms with E-state index in [-0.39, 0.29) is 10.6 Å². The summed E-state index contributed by atoms with van der Waals surface area (Å²) in [5, 5.41) is 13.4. The van der Waals surface area contributed by atoms with Gasteiger partial charge in [-0.25, -0.2) is 9.78 Å². The lowest BCUT2D eigenvalue weighted by atomic mass is 10.2. The Kier molecular flexibility index (Phi) is 4.36. The summed E-state index contributed by atoms with van der Waals surface area (Å²) in [6.45, 7) is 3.78. The van der Waals surface area contributed by atoms with Crippen molar-refractivity contribution in [2.75, 3.05) is 5.43 Å². The van der Waals surface area contributed by atoms with Crippen molar-refractivity contribution in [3.63, 3.8) is 0 Å². The number of aromatic nitrogens is 1. The van der Waals surface area contributed by atoms with Crippen LogP contribution in [0.3, 0.4) is 0 Å². The molecule has 1 aromatic carbocycles. The van der Waals surface area contributed by atoms with Crippen LogP contribution in [0.1, 0.15) is 27.9 Å². The zero-order valence-electron chi connectivity index (χ0n) is 10.8. The number of nitrogens with zero attached hydrogens (tertiary/aromatic N) is 2. The Bertz CT molecular complexity index is 682. The van der Waals surface area contributed by atoms with Gasteiger partial charge in [0, 0.05) is 0 Å². The number of rotatable bonds is 4. The second-order valence-electron chi connectivity index (χ2n) is 4.08. The number of anilines is 1. The van der Waals surface area contributed by atoms with Gasteiger partial charge in [0.05, 0.1) is 38.1 Å². The van der Waals surface area contributed by atoms with E-state index in [2.05, 4.69) is 15.5 Å². The summed E-state index contributed by atoms with van der Waals surface area (Å²) in [6.07, 6.45) is 0. The fourth-order valence-electron chi connectivity index (χ4n) is 1.61.